The Balaban J connectivity index is 0.000000471. The van der Waals surface area contributed by atoms with Crippen LogP contribution in [0.25, 0.3) is 0 Å². The summed E-state index contributed by atoms with van der Waals surface area (Å²) in [5.41, 5.74) is -0.643. The molecule has 0 aromatic carbocycles. The van der Waals surface area contributed by atoms with Gasteiger partial charge in [0.25, 0.3) is 5.56 Å². The van der Waals surface area contributed by atoms with Crippen molar-refractivity contribution < 1.29 is 57.6 Å². The lowest BCUT2D eigenvalue weighted by Gasteiger charge is -2.18. The van der Waals surface area contributed by atoms with Crippen LogP contribution in [0.1, 0.15) is 121 Å². The fraction of sp³-hybridized carbons (Fsp3) is 0.794. The minimum absolute atomic E-state index is 0.0385. The standard InChI is InChI=1S/C21H38NO5P.C10H14N2O5.C3H7O4P/c23-21(27-20-16-12-8-7-9-13-17-20)22-18-14-10-5-3-1-2-4-6-11-15-19-26-28(24)25;1-5-3-12(10(16)11-9(5)15)8-2-6(14)7(4-13)17-8;4-2-1-3-7-8(5)6/h7-8,20H,1-6,9-19H2,(H,22,23);3,6-8,13-14H,2,4H2,1H3,(H,11,15,16);4H,1-3H2/b8-7+;;/t;6-,7-,8-;/m.1./s1. The van der Waals surface area contributed by atoms with Crippen molar-refractivity contribution in [3.8, 4) is 0 Å². The number of amides is 1. The number of nitrogens with zero attached hydrogens (tertiary/aromatic N) is 1. The smallest absolute Gasteiger partial charge is 0.488 e. The zero-order valence-electron chi connectivity index (χ0n) is 30.8. The van der Waals surface area contributed by atoms with E-state index in [4.69, 9.17) is 19.7 Å². The molecular weight excluding hydrogens is 736 g/mol. The van der Waals surface area contributed by atoms with E-state index < -0.39 is 46.2 Å². The van der Waals surface area contributed by atoms with Gasteiger partial charge in [-0.25, -0.2) is 9.59 Å². The molecule has 1 aliphatic heterocycles. The Labute approximate surface area is 313 Å². The van der Waals surface area contributed by atoms with Gasteiger partial charge >= 0.3 is 28.3 Å². The van der Waals surface area contributed by atoms with E-state index in [1.165, 1.54) is 42.9 Å². The van der Waals surface area contributed by atoms with Gasteiger partial charge in [-0.15, -0.1) is 9.05 Å². The van der Waals surface area contributed by atoms with Crippen molar-refractivity contribution >= 4 is 22.6 Å². The summed E-state index contributed by atoms with van der Waals surface area (Å²) in [7, 11) is -5.41. The molecule has 2 aliphatic rings. The highest BCUT2D eigenvalue weighted by Crippen LogP contribution is 2.27. The van der Waals surface area contributed by atoms with Gasteiger partial charge in [0, 0.05) is 31.3 Å². The van der Waals surface area contributed by atoms with Crippen LogP contribution in [-0.2, 0) is 27.7 Å². The van der Waals surface area contributed by atoms with Gasteiger partial charge in [-0.3, -0.25) is 14.3 Å². The first-order chi connectivity index (χ1) is 25.5. The van der Waals surface area contributed by atoms with Crippen LogP contribution in [0.15, 0.2) is 27.9 Å². The molecule has 0 saturated carbocycles. The van der Waals surface area contributed by atoms with Gasteiger partial charge in [0.2, 0.25) is 0 Å². The lowest BCUT2D eigenvalue weighted by Crippen LogP contribution is -2.33. The van der Waals surface area contributed by atoms with Crippen molar-refractivity contribution in [2.24, 2.45) is 0 Å². The average Bonchev–Trinajstić information content (AvgIpc) is 3.48. The summed E-state index contributed by atoms with van der Waals surface area (Å²) in [6, 6.07) is 0. The molecule has 0 radical (unpaired) electrons. The summed E-state index contributed by atoms with van der Waals surface area (Å²) in [6.45, 7) is 2.32. The van der Waals surface area contributed by atoms with Crippen molar-refractivity contribution in [1.29, 1.82) is 0 Å². The first-order valence-electron chi connectivity index (χ1n) is 18.5. The second-order valence-electron chi connectivity index (χ2n) is 12.8. The summed E-state index contributed by atoms with van der Waals surface area (Å²) >= 11 is 0. The fourth-order valence-corrected chi connectivity index (χ4v) is 6.02. The predicted molar refractivity (Wildman–Crippen MR) is 193 cm³/mol. The molecule has 0 bridgehead atoms. The zero-order chi connectivity index (χ0) is 39.3. The normalized spacial score (nSPS) is 20.8. The number of allylic oxidation sites excluding steroid dienone is 2. The molecule has 1 amide bonds. The largest absolute Gasteiger partial charge is 0.566 e. The number of aromatic nitrogens is 2. The number of aliphatic hydroxyl groups excluding tert-OH is 3. The Morgan fingerprint density at radius 3 is 2.09 bits per heavy atom. The molecule has 0 spiro atoms. The molecule has 304 valence electrons. The molecule has 1 aromatic heterocycles. The average molecular weight is 796 g/mol. The molecular formula is C34H59N3O14P2. The van der Waals surface area contributed by atoms with E-state index in [1.54, 1.807) is 6.92 Å². The number of aliphatic hydroxyl groups is 3. The third kappa shape index (κ3) is 24.6. The molecule has 1 aliphatic carbocycles. The lowest BCUT2D eigenvalue weighted by molar-refractivity contribution is -0.186. The molecule has 5 N–H and O–H groups in total. The maximum absolute atomic E-state index is 11.9. The number of aryl methyl sites for hydroxylation is 1. The topological polar surface area (TPSA) is 262 Å². The van der Waals surface area contributed by atoms with Crippen LogP contribution >= 0.6 is 16.5 Å². The van der Waals surface area contributed by atoms with Gasteiger partial charge in [-0.05, 0) is 67.4 Å². The van der Waals surface area contributed by atoms with Crippen LogP contribution in [0.5, 0.6) is 0 Å². The highest BCUT2D eigenvalue weighted by molar-refractivity contribution is 7.30. The molecule has 17 nitrogen and oxygen atoms in total. The van der Waals surface area contributed by atoms with Gasteiger partial charge in [-0.2, -0.15) is 0 Å². The van der Waals surface area contributed by atoms with E-state index in [-0.39, 0.29) is 38.4 Å². The summed E-state index contributed by atoms with van der Waals surface area (Å²) < 4.78 is 40.5. The monoisotopic (exact) mass is 795 g/mol. The number of hydrogen-bond acceptors (Lipinski definition) is 14. The van der Waals surface area contributed by atoms with Crippen molar-refractivity contribution in [2.45, 2.75) is 141 Å². The Morgan fingerprint density at radius 2 is 1.51 bits per heavy atom. The number of nitrogens with one attached hydrogen (secondary N) is 2. The Morgan fingerprint density at radius 1 is 0.925 bits per heavy atom. The van der Waals surface area contributed by atoms with Gasteiger partial charge in [0.15, 0.2) is 0 Å². The number of carbonyl (C=O) groups is 1. The fourth-order valence-electron chi connectivity index (χ4n) is 5.46. The molecule has 1 aromatic rings. The summed E-state index contributed by atoms with van der Waals surface area (Å²) in [5.74, 6) is 0. The summed E-state index contributed by atoms with van der Waals surface area (Å²) in [6.07, 6.45) is 20.3. The Kier molecular flexibility index (Phi) is 28.3. The van der Waals surface area contributed by atoms with E-state index >= 15 is 0 Å². The highest BCUT2D eigenvalue weighted by Gasteiger charge is 2.35. The molecule has 3 rings (SSSR count). The van der Waals surface area contributed by atoms with Crippen LogP contribution < -0.4 is 26.4 Å². The zero-order valence-corrected chi connectivity index (χ0v) is 32.6. The van der Waals surface area contributed by atoms with E-state index in [1.807, 2.05) is 0 Å². The van der Waals surface area contributed by atoms with Gasteiger partial charge < -0.3 is 39.9 Å². The molecule has 19 heteroatoms. The second kappa shape index (κ2) is 30.8. The van der Waals surface area contributed by atoms with Crippen molar-refractivity contribution in [3.05, 3.63) is 44.8 Å². The quantitative estimate of drug-likeness (QED) is 0.0679. The van der Waals surface area contributed by atoms with Crippen LogP contribution in [0.2, 0.25) is 0 Å². The van der Waals surface area contributed by atoms with Crippen LogP contribution in [0, 0.1) is 6.92 Å². The summed E-state index contributed by atoms with van der Waals surface area (Å²) in [5, 5.41) is 29.5. The van der Waals surface area contributed by atoms with Gasteiger partial charge in [-0.1, -0.05) is 63.5 Å². The van der Waals surface area contributed by atoms with Crippen molar-refractivity contribution in [1.82, 2.24) is 14.9 Å². The summed E-state index contributed by atoms with van der Waals surface area (Å²) in [4.78, 5) is 56.6. The minimum Gasteiger partial charge on any atom is -0.566 e. The number of alkyl carbamates (subject to hydrolysis) is 1. The second-order valence-corrected chi connectivity index (χ2v) is 14.2. The first-order valence-corrected chi connectivity index (χ1v) is 20.7. The number of H-pyrrole nitrogens is 1. The van der Waals surface area contributed by atoms with Crippen LogP contribution in [0.4, 0.5) is 4.79 Å². The van der Waals surface area contributed by atoms with E-state index in [9.17, 15) is 38.4 Å². The number of rotatable bonds is 21. The highest BCUT2D eigenvalue weighted by atomic mass is 31.1. The Hall–Kier alpha value is -2.43. The number of carbonyl (C=O) groups excluding carboxylic acids is 1. The van der Waals surface area contributed by atoms with Crippen molar-refractivity contribution in [3.63, 3.8) is 0 Å². The lowest BCUT2D eigenvalue weighted by atomic mass is 10.0. The van der Waals surface area contributed by atoms with E-state index in [0.29, 0.717) is 25.1 Å². The molecule has 3 unspecified atom stereocenters. The molecule has 6 atom stereocenters. The molecule has 2 heterocycles. The number of aromatic amines is 1. The maximum Gasteiger partial charge on any atom is 0.488 e. The van der Waals surface area contributed by atoms with Crippen LogP contribution in [-0.4, -0.2) is 82.2 Å². The number of ether oxygens (including phenoxy) is 2. The molecule has 1 saturated heterocycles. The third-order valence-electron chi connectivity index (χ3n) is 8.37. The van der Waals surface area contributed by atoms with E-state index in [0.717, 1.165) is 64.2 Å². The molecule has 53 heavy (non-hydrogen) atoms. The Bertz CT molecular complexity index is 1310. The van der Waals surface area contributed by atoms with E-state index in [2.05, 4.69) is 31.5 Å². The number of unbranched alkanes of at least 4 members (excludes halogenated alkanes) is 9. The first kappa shape index (κ1) is 48.6. The predicted octanol–water partition coefficient (Wildman–Crippen LogP) is 3.43. The SMILES string of the molecule is Cc1cn([C@H]2C[C@@H](O)[C@@H](CO)O2)c(=O)[nH]c1=O.O=C(NCCCCCCCCCCCCO[P+](=O)[O-])OC1CC/C=C/CCC1.O=[P+]([O-])OCCCO. The van der Waals surface area contributed by atoms with Gasteiger partial charge in [0.1, 0.15) is 31.6 Å². The van der Waals surface area contributed by atoms with Gasteiger partial charge in [0.05, 0.1) is 12.7 Å². The number of hydrogen-bond donors (Lipinski definition) is 5. The molecule has 1 fully saturated rings. The van der Waals surface area contributed by atoms with Crippen LogP contribution in [0.3, 0.4) is 0 Å². The third-order valence-corrected chi connectivity index (χ3v) is 9.16. The van der Waals surface area contributed by atoms with Crippen molar-refractivity contribution in [2.75, 3.05) is 33.0 Å². The minimum atomic E-state index is -2.72. The maximum atomic E-state index is 11.9.